The first-order valence-electron chi connectivity index (χ1n) is 9.04. The van der Waals surface area contributed by atoms with Gasteiger partial charge in [-0.25, -0.2) is 9.97 Å². The molecule has 4 rings (SSSR count). The van der Waals surface area contributed by atoms with E-state index in [-0.39, 0.29) is 0 Å². The van der Waals surface area contributed by atoms with Crippen LogP contribution in [0, 0.1) is 17.2 Å². The lowest BCUT2D eigenvalue weighted by Gasteiger charge is -2.24. The fourth-order valence-electron chi connectivity index (χ4n) is 3.44. The van der Waals surface area contributed by atoms with Crippen LogP contribution in [0.5, 0.6) is 5.88 Å². The summed E-state index contributed by atoms with van der Waals surface area (Å²) in [4.78, 5) is 11.0. The Balaban J connectivity index is 1.45. The molecule has 3 aromatic rings. The van der Waals surface area contributed by atoms with Crippen LogP contribution in [0.2, 0.25) is 0 Å². The van der Waals surface area contributed by atoms with Gasteiger partial charge in [0.05, 0.1) is 24.2 Å². The van der Waals surface area contributed by atoms with Crippen molar-refractivity contribution in [1.29, 1.82) is 5.26 Å². The fourth-order valence-corrected chi connectivity index (χ4v) is 3.44. The van der Waals surface area contributed by atoms with E-state index in [1.54, 1.807) is 12.1 Å². The molecule has 1 aliphatic rings. The van der Waals surface area contributed by atoms with Gasteiger partial charge in [-0.1, -0.05) is 30.3 Å². The maximum atomic E-state index is 8.87. The van der Waals surface area contributed by atoms with Crippen molar-refractivity contribution < 1.29 is 4.74 Å². The molecule has 0 spiro atoms. The van der Waals surface area contributed by atoms with Crippen molar-refractivity contribution in [2.24, 2.45) is 5.92 Å². The van der Waals surface area contributed by atoms with Crippen molar-refractivity contribution in [2.45, 2.75) is 19.6 Å². The van der Waals surface area contributed by atoms with Gasteiger partial charge in [0.25, 0.3) is 0 Å². The Bertz CT molecular complexity index is 914. The Labute approximate surface area is 158 Å². The summed E-state index contributed by atoms with van der Waals surface area (Å²) in [6.07, 6.45) is 5.38. The lowest BCUT2D eigenvalue weighted by molar-refractivity contribution is 0.164. The summed E-state index contributed by atoms with van der Waals surface area (Å²) in [5.41, 5.74) is 3.07. The lowest BCUT2D eigenvalue weighted by Crippen LogP contribution is -2.30. The van der Waals surface area contributed by atoms with Gasteiger partial charge in [0.15, 0.2) is 0 Å². The molecule has 2 aromatic heterocycles. The predicted molar refractivity (Wildman–Crippen MR) is 101 cm³/mol. The number of hydrogen-bond acceptors (Lipinski definition) is 5. The van der Waals surface area contributed by atoms with Crippen LogP contribution in [0.25, 0.3) is 0 Å². The van der Waals surface area contributed by atoms with Crippen molar-refractivity contribution in [3.63, 3.8) is 0 Å². The van der Waals surface area contributed by atoms with Crippen LogP contribution in [0.3, 0.4) is 0 Å². The van der Waals surface area contributed by atoms with Crippen LogP contribution in [0.15, 0.2) is 61.2 Å². The number of benzene rings is 1. The average molecular weight is 359 g/mol. The SMILES string of the molecule is N#Cc1ccc(OCC2CN(Cc3ccccc3)Cc3cncn3C2)nc1. The van der Waals surface area contributed by atoms with E-state index in [1.807, 2.05) is 18.6 Å². The molecule has 0 saturated carbocycles. The van der Waals surface area contributed by atoms with Crippen LogP contribution >= 0.6 is 0 Å². The quantitative estimate of drug-likeness (QED) is 0.701. The van der Waals surface area contributed by atoms with Crippen LogP contribution in [0.1, 0.15) is 16.8 Å². The molecule has 1 unspecified atom stereocenters. The van der Waals surface area contributed by atoms with Gasteiger partial charge in [0.2, 0.25) is 5.88 Å². The van der Waals surface area contributed by atoms with E-state index >= 15 is 0 Å². The molecule has 0 radical (unpaired) electrons. The average Bonchev–Trinajstić information content (AvgIpc) is 3.06. The topological polar surface area (TPSA) is 67.0 Å². The molecule has 3 heterocycles. The molecule has 0 bridgehead atoms. The second-order valence-electron chi connectivity index (χ2n) is 6.87. The summed E-state index contributed by atoms with van der Waals surface area (Å²) in [6, 6.07) is 16.1. The normalized spacial score (nSPS) is 16.9. The summed E-state index contributed by atoms with van der Waals surface area (Å²) in [6.45, 7) is 4.16. The fraction of sp³-hybridized carbons (Fsp3) is 0.286. The van der Waals surface area contributed by atoms with Crippen LogP contribution in [-0.2, 0) is 19.6 Å². The molecular formula is C21H21N5O. The van der Waals surface area contributed by atoms with Gasteiger partial charge < -0.3 is 9.30 Å². The molecule has 0 N–H and O–H groups in total. The molecule has 27 heavy (non-hydrogen) atoms. The largest absolute Gasteiger partial charge is 0.477 e. The highest BCUT2D eigenvalue weighted by atomic mass is 16.5. The van der Waals surface area contributed by atoms with E-state index in [2.05, 4.69) is 49.8 Å². The molecule has 136 valence electrons. The second-order valence-corrected chi connectivity index (χ2v) is 6.87. The molecule has 1 atom stereocenters. The van der Waals surface area contributed by atoms with E-state index in [9.17, 15) is 0 Å². The number of aromatic nitrogens is 3. The summed E-state index contributed by atoms with van der Waals surface area (Å²) >= 11 is 0. The van der Waals surface area contributed by atoms with Gasteiger partial charge in [-0.05, 0) is 11.6 Å². The smallest absolute Gasteiger partial charge is 0.213 e. The van der Waals surface area contributed by atoms with Gasteiger partial charge in [-0.2, -0.15) is 5.26 Å². The first-order valence-corrected chi connectivity index (χ1v) is 9.04. The highest BCUT2D eigenvalue weighted by molar-refractivity contribution is 5.28. The summed E-state index contributed by atoms with van der Waals surface area (Å²) in [5, 5.41) is 8.87. The molecule has 0 aliphatic carbocycles. The van der Waals surface area contributed by atoms with Crippen molar-refractivity contribution in [2.75, 3.05) is 13.2 Å². The third-order valence-corrected chi connectivity index (χ3v) is 4.74. The third-order valence-electron chi connectivity index (χ3n) is 4.74. The number of hydrogen-bond donors (Lipinski definition) is 0. The van der Waals surface area contributed by atoms with Gasteiger partial charge >= 0.3 is 0 Å². The summed E-state index contributed by atoms with van der Waals surface area (Å²) in [5.74, 6) is 0.875. The van der Waals surface area contributed by atoms with Crippen molar-refractivity contribution >= 4 is 0 Å². The number of nitriles is 1. The first-order chi connectivity index (χ1) is 13.3. The Morgan fingerprint density at radius 2 is 2.00 bits per heavy atom. The number of ether oxygens (including phenoxy) is 1. The third kappa shape index (κ3) is 4.33. The molecule has 1 aromatic carbocycles. The zero-order chi connectivity index (χ0) is 18.5. The number of fused-ring (bicyclic) bond motifs is 1. The summed E-state index contributed by atoms with van der Waals surface area (Å²) in [7, 11) is 0. The lowest BCUT2D eigenvalue weighted by atomic mass is 10.1. The Morgan fingerprint density at radius 1 is 1.11 bits per heavy atom. The standard InChI is InChI=1S/C21H21N5O/c22-8-18-6-7-21(24-9-18)27-15-19-12-25(11-17-4-2-1-3-5-17)14-20-10-23-16-26(20)13-19/h1-7,9-10,16,19H,11-15H2. The maximum Gasteiger partial charge on any atom is 0.213 e. The van der Waals surface area contributed by atoms with Gasteiger partial charge in [-0.3, -0.25) is 4.90 Å². The predicted octanol–water partition coefficient (Wildman–Crippen LogP) is 2.86. The maximum absolute atomic E-state index is 8.87. The zero-order valence-corrected chi connectivity index (χ0v) is 15.0. The van der Waals surface area contributed by atoms with E-state index in [1.165, 1.54) is 17.5 Å². The monoisotopic (exact) mass is 359 g/mol. The van der Waals surface area contributed by atoms with E-state index in [4.69, 9.17) is 10.00 Å². The number of imidazole rings is 1. The molecule has 6 heteroatoms. The van der Waals surface area contributed by atoms with Crippen molar-refractivity contribution in [3.05, 3.63) is 78.0 Å². The van der Waals surface area contributed by atoms with E-state index in [0.717, 1.165) is 26.2 Å². The van der Waals surface area contributed by atoms with Crippen LogP contribution in [0.4, 0.5) is 0 Å². The van der Waals surface area contributed by atoms with E-state index in [0.29, 0.717) is 24.0 Å². The van der Waals surface area contributed by atoms with Crippen molar-refractivity contribution in [3.8, 4) is 11.9 Å². The Morgan fingerprint density at radius 3 is 2.78 bits per heavy atom. The van der Waals surface area contributed by atoms with Gasteiger partial charge in [0, 0.05) is 50.6 Å². The molecule has 6 nitrogen and oxygen atoms in total. The highest BCUT2D eigenvalue weighted by Gasteiger charge is 2.22. The minimum atomic E-state index is 0.321. The second kappa shape index (κ2) is 8.02. The number of rotatable bonds is 5. The molecule has 0 saturated heterocycles. The number of pyridine rings is 1. The van der Waals surface area contributed by atoms with Crippen LogP contribution < -0.4 is 4.74 Å². The van der Waals surface area contributed by atoms with Gasteiger partial charge in [0.1, 0.15) is 6.07 Å². The first kappa shape index (κ1) is 17.3. The van der Waals surface area contributed by atoms with E-state index < -0.39 is 0 Å². The minimum absolute atomic E-state index is 0.321. The molecule has 0 fully saturated rings. The Kier molecular flexibility index (Phi) is 5.13. The Hall–Kier alpha value is -3.17. The van der Waals surface area contributed by atoms with Gasteiger partial charge in [-0.15, -0.1) is 0 Å². The van der Waals surface area contributed by atoms with Crippen molar-refractivity contribution in [1.82, 2.24) is 19.4 Å². The highest BCUT2D eigenvalue weighted by Crippen LogP contribution is 2.19. The van der Waals surface area contributed by atoms with Crippen LogP contribution in [-0.4, -0.2) is 32.6 Å². The number of nitrogens with zero attached hydrogens (tertiary/aromatic N) is 5. The molecular weight excluding hydrogens is 338 g/mol. The summed E-state index contributed by atoms with van der Waals surface area (Å²) < 4.78 is 8.12. The molecule has 1 aliphatic heterocycles. The molecule has 0 amide bonds. The zero-order valence-electron chi connectivity index (χ0n) is 15.0. The minimum Gasteiger partial charge on any atom is -0.477 e.